The topological polar surface area (TPSA) is 63.2 Å². The number of imide groups is 1. The number of ketones is 1. The second-order valence-electron chi connectivity index (χ2n) is 3.39. The smallest absolute Gasteiger partial charge is 0.227 e. The Morgan fingerprint density at radius 1 is 1.47 bits per heavy atom. The van der Waals surface area contributed by atoms with Crippen LogP contribution in [0.15, 0.2) is 12.7 Å². The maximum absolute atomic E-state index is 10.6. The number of amides is 2. The Bertz CT molecular complexity index is 257. The molecule has 1 unspecified atom stereocenters. The minimum absolute atomic E-state index is 0.146. The number of hydrogen-bond acceptors (Lipinski definition) is 3. The molecule has 0 spiro atoms. The van der Waals surface area contributed by atoms with E-state index in [1.807, 2.05) is 13.8 Å². The third kappa shape index (κ3) is 5.78. The van der Waals surface area contributed by atoms with E-state index in [1.54, 1.807) is 0 Å². The van der Waals surface area contributed by atoms with Crippen molar-refractivity contribution in [2.45, 2.75) is 33.1 Å². The minimum atomic E-state index is -0.148. The third-order valence-corrected chi connectivity index (χ3v) is 2.16. The van der Waals surface area contributed by atoms with E-state index < -0.39 is 0 Å². The fourth-order valence-electron chi connectivity index (χ4n) is 0.910. The van der Waals surface area contributed by atoms with Gasteiger partial charge in [-0.15, -0.1) is 0 Å². The number of nitrogens with one attached hydrogen (secondary N) is 1. The summed E-state index contributed by atoms with van der Waals surface area (Å²) in [6.45, 7) is 7.28. The normalized spacial score (nSPS) is 16.1. The molecule has 1 fully saturated rings. The summed E-state index contributed by atoms with van der Waals surface area (Å²) >= 11 is 0. The SMILES string of the molecule is C=CC(=O)C(C)CC.O=C1CCC(=O)N1. The highest BCUT2D eigenvalue weighted by molar-refractivity contribution is 6.01. The van der Waals surface area contributed by atoms with E-state index >= 15 is 0 Å². The van der Waals surface area contributed by atoms with Crippen LogP contribution in [0.5, 0.6) is 0 Å². The zero-order valence-electron chi connectivity index (χ0n) is 9.21. The summed E-state index contributed by atoms with van der Waals surface area (Å²) in [5.74, 6) is 0.00926. The first-order chi connectivity index (χ1) is 7.01. The molecule has 1 atom stereocenters. The zero-order valence-corrected chi connectivity index (χ0v) is 9.21. The molecule has 4 heteroatoms. The van der Waals surface area contributed by atoms with Crippen LogP contribution >= 0.6 is 0 Å². The lowest BCUT2D eigenvalue weighted by molar-refractivity contribution is -0.124. The summed E-state index contributed by atoms with van der Waals surface area (Å²) in [6, 6.07) is 0. The fourth-order valence-corrected chi connectivity index (χ4v) is 0.910. The number of rotatable bonds is 3. The Kier molecular flexibility index (Phi) is 6.25. The van der Waals surface area contributed by atoms with E-state index in [-0.39, 0.29) is 23.5 Å². The fraction of sp³-hybridized carbons (Fsp3) is 0.545. The average Bonchev–Trinajstić information content (AvgIpc) is 2.61. The molecule has 0 aromatic rings. The van der Waals surface area contributed by atoms with Gasteiger partial charge in [-0.2, -0.15) is 0 Å². The van der Waals surface area contributed by atoms with Gasteiger partial charge in [0.15, 0.2) is 5.78 Å². The Labute approximate surface area is 89.7 Å². The number of carbonyl (C=O) groups excluding carboxylic acids is 3. The molecule has 0 aromatic carbocycles. The van der Waals surface area contributed by atoms with Crippen molar-refractivity contribution < 1.29 is 14.4 Å². The van der Waals surface area contributed by atoms with Crippen LogP contribution in [0.2, 0.25) is 0 Å². The summed E-state index contributed by atoms with van der Waals surface area (Å²) in [4.78, 5) is 30.9. The highest BCUT2D eigenvalue weighted by atomic mass is 16.2. The van der Waals surface area contributed by atoms with Crippen LogP contribution < -0.4 is 5.32 Å². The molecule has 4 nitrogen and oxygen atoms in total. The lowest BCUT2D eigenvalue weighted by Gasteiger charge is -1.99. The second-order valence-corrected chi connectivity index (χ2v) is 3.39. The van der Waals surface area contributed by atoms with Crippen LogP contribution in [-0.4, -0.2) is 17.6 Å². The molecule has 0 aromatic heterocycles. The Balaban J connectivity index is 0.000000262. The van der Waals surface area contributed by atoms with Gasteiger partial charge in [0.2, 0.25) is 11.8 Å². The molecule has 0 saturated carbocycles. The van der Waals surface area contributed by atoms with Crippen molar-refractivity contribution in [1.82, 2.24) is 5.32 Å². The van der Waals surface area contributed by atoms with Crippen molar-refractivity contribution in [2.75, 3.05) is 0 Å². The highest BCUT2D eigenvalue weighted by Crippen LogP contribution is 2.01. The summed E-state index contributed by atoms with van der Waals surface area (Å²) in [5.41, 5.74) is 0. The van der Waals surface area contributed by atoms with Gasteiger partial charge in [0.1, 0.15) is 0 Å². The summed E-state index contributed by atoms with van der Waals surface area (Å²) in [7, 11) is 0. The Morgan fingerprint density at radius 3 is 2.07 bits per heavy atom. The summed E-state index contributed by atoms with van der Waals surface area (Å²) in [5, 5.41) is 2.14. The van der Waals surface area contributed by atoms with Gasteiger partial charge in [-0.05, 0) is 12.5 Å². The largest absolute Gasteiger partial charge is 0.296 e. The van der Waals surface area contributed by atoms with E-state index in [4.69, 9.17) is 0 Å². The maximum Gasteiger partial charge on any atom is 0.227 e. The Hall–Kier alpha value is -1.45. The van der Waals surface area contributed by atoms with Crippen molar-refractivity contribution in [2.24, 2.45) is 5.92 Å². The van der Waals surface area contributed by atoms with Gasteiger partial charge in [-0.3, -0.25) is 19.7 Å². The van der Waals surface area contributed by atoms with Crippen LogP contribution in [-0.2, 0) is 14.4 Å². The van der Waals surface area contributed by atoms with E-state index in [9.17, 15) is 14.4 Å². The molecule has 1 saturated heterocycles. The van der Waals surface area contributed by atoms with Crippen molar-refractivity contribution in [3.63, 3.8) is 0 Å². The van der Waals surface area contributed by atoms with E-state index in [0.29, 0.717) is 12.8 Å². The van der Waals surface area contributed by atoms with E-state index in [1.165, 1.54) is 6.08 Å². The summed E-state index contributed by atoms with van der Waals surface area (Å²) in [6.07, 6.45) is 3.04. The van der Waals surface area contributed by atoms with Gasteiger partial charge < -0.3 is 0 Å². The molecule has 15 heavy (non-hydrogen) atoms. The highest BCUT2D eigenvalue weighted by Gasteiger charge is 2.15. The first-order valence-corrected chi connectivity index (χ1v) is 5.00. The van der Waals surface area contributed by atoms with Crippen molar-refractivity contribution >= 4 is 17.6 Å². The first kappa shape index (κ1) is 13.5. The van der Waals surface area contributed by atoms with Crippen LogP contribution in [0.4, 0.5) is 0 Å². The molecule has 1 rings (SSSR count). The number of hydrogen-bond donors (Lipinski definition) is 1. The predicted octanol–water partition coefficient (Wildman–Crippen LogP) is 1.21. The van der Waals surface area contributed by atoms with Gasteiger partial charge in [0.05, 0.1) is 0 Å². The molecule has 2 amide bonds. The van der Waals surface area contributed by atoms with Crippen molar-refractivity contribution in [3.8, 4) is 0 Å². The van der Waals surface area contributed by atoms with Crippen LogP contribution in [0.1, 0.15) is 33.1 Å². The van der Waals surface area contributed by atoms with Crippen LogP contribution in [0.25, 0.3) is 0 Å². The van der Waals surface area contributed by atoms with Crippen LogP contribution in [0, 0.1) is 5.92 Å². The first-order valence-electron chi connectivity index (χ1n) is 5.00. The molecule has 0 aliphatic carbocycles. The van der Waals surface area contributed by atoms with Crippen LogP contribution in [0.3, 0.4) is 0 Å². The van der Waals surface area contributed by atoms with Crippen molar-refractivity contribution in [3.05, 3.63) is 12.7 Å². The summed E-state index contributed by atoms with van der Waals surface area (Å²) < 4.78 is 0. The molecule has 0 radical (unpaired) electrons. The zero-order chi connectivity index (χ0) is 11.8. The molecule has 1 heterocycles. The van der Waals surface area contributed by atoms with Gasteiger partial charge in [-0.1, -0.05) is 20.4 Å². The predicted molar refractivity (Wildman–Crippen MR) is 57.0 cm³/mol. The number of allylic oxidation sites excluding steroid dienone is 1. The molecule has 1 aliphatic rings. The molecular weight excluding hydrogens is 194 g/mol. The van der Waals surface area contributed by atoms with Crippen molar-refractivity contribution in [1.29, 1.82) is 0 Å². The molecule has 1 N–H and O–H groups in total. The number of carbonyl (C=O) groups is 3. The van der Waals surface area contributed by atoms with Gasteiger partial charge in [0.25, 0.3) is 0 Å². The van der Waals surface area contributed by atoms with E-state index in [2.05, 4.69) is 11.9 Å². The minimum Gasteiger partial charge on any atom is -0.296 e. The molecule has 0 bridgehead atoms. The van der Waals surface area contributed by atoms with Gasteiger partial charge >= 0.3 is 0 Å². The second kappa shape index (κ2) is 6.92. The molecule has 84 valence electrons. The standard InChI is InChI=1S/C7H12O.C4H5NO2/c1-4-6(3)7(8)5-2;6-3-1-2-4(7)5-3/h5-6H,2,4H2,1,3H3;1-2H2,(H,5,6,7). The lowest BCUT2D eigenvalue weighted by atomic mass is 10.0. The Morgan fingerprint density at radius 2 is 1.93 bits per heavy atom. The average molecular weight is 211 g/mol. The monoisotopic (exact) mass is 211 g/mol. The lowest BCUT2D eigenvalue weighted by Crippen LogP contribution is -2.18. The van der Waals surface area contributed by atoms with E-state index in [0.717, 1.165) is 6.42 Å². The molecule has 1 aliphatic heterocycles. The maximum atomic E-state index is 10.6. The third-order valence-electron chi connectivity index (χ3n) is 2.16. The van der Waals surface area contributed by atoms with Gasteiger partial charge in [0, 0.05) is 18.8 Å². The quantitative estimate of drug-likeness (QED) is 0.563. The van der Waals surface area contributed by atoms with Gasteiger partial charge in [-0.25, -0.2) is 0 Å². The molecular formula is C11H17NO3.